The van der Waals surface area contributed by atoms with Gasteiger partial charge in [-0.3, -0.25) is 0 Å². The van der Waals surface area contributed by atoms with E-state index in [1.54, 1.807) is 6.07 Å². The third-order valence-corrected chi connectivity index (χ3v) is 5.88. The van der Waals surface area contributed by atoms with E-state index < -0.39 is 7.92 Å². The van der Waals surface area contributed by atoms with E-state index in [9.17, 15) is 4.39 Å². The number of hydrogen-bond donors (Lipinski definition) is 0. The van der Waals surface area contributed by atoms with Crippen LogP contribution in [-0.2, 0) is 0 Å². The maximum Gasteiger partial charge on any atom is 0.165 e. The van der Waals surface area contributed by atoms with E-state index in [2.05, 4.69) is 24.3 Å². The van der Waals surface area contributed by atoms with Crippen LogP contribution < -0.4 is 20.7 Å². The Bertz CT molecular complexity index is 704. The van der Waals surface area contributed by atoms with Gasteiger partial charge in [-0.25, -0.2) is 4.39 Å². The highest BCUT2D eigenvalue weighted by molar-refractivity contribution is 7.80. The molecule has 0 fully saturated rings. The summed E-state index contributed by atoms with van der Waals surface area (Å²) in [5, 5.41) is 3.25. The second kappa shape index (κ2) is 6.72. The van der Waals surface area contributed by atoms with Gasteiger partial charge in [-0.15, -0.1) is 0 Å². The summed E-state index contributed by atoms with van der Waals surface area (Å²) in [4.78, 5) is 0. The van der Waals surface area contributed by atoms with Gasteiger partial charge in [0.2, 0.25) is 0 Å². The second-order valence-corrected chi connectivity index (χ2v) is 6.98. The van der Waals surface area contributed by atoms with Crippen molar-refractivity contribution in [3.63, 3.8) is 0 Å². The minimum Gasteiger partial charge on any atom is -0.493 e. The fourth-order valence-corrected chi connectivity index (χ4v) is 4.89. The van der Waals surface area contributed by atoms with Crippen molar-refractivity contribution < 1.29 is 9.13 Å². The van der Waals surface area contributed by atoms with E-state index in [1.807, 2.05) is 42.5 Å². The van der Waals surface area contributed by atoms with Gasteiger partial charge in [0, 0.05) is 5.30 Å². The Hall–Kier alpha value is -2.18. The molecule has 3 aromatic rings. The van der Waals surface area contributed by atoms with E-state index in [0.717, 1.165) is 5.30 Å². The molecule has 22 heavy (non-hydrogen) atoms. The Kier molecular flexibility index (Phi) is 4.50. The van der Waals surface area contributed by atoms with Crippen molar-refractivity contribution in [3.05, 3.63) is 84.7 Å². The molecule has 0 aliphatic rings. The van der Waals surface area contributed by atoms with E-state index >= 15 is 0 Å². The molecule has 3 aromatic carbocycles. The predicted molar refractivity (Wildman–Crippen MR) is 91.7 cm³/mol. The third kappa shape index (κ3) is 2.88. The lowest BCUT2D eigenvalue weighted by atomic mass is 10.3. The molecule has 0 N–H and O–H groups in total. The van der Waals surface area contributed by atoms with Crippen LogP contribution in [0, 0.1) is 5.82 Å². The van der Waals surface area contributed by atoms with Crippen LogP contribution in [-0.4, -0.2) is 7.11 Å². The summed E-state index contributed by atoms with van der Waals surface area (Å²) in [5.74, 6) is 0.0145. The summed E-state index contributed by atoms with van der Waals surface area (Å²) in [5.41, 5.74) is 0. The van der Waals surface area contributed by atoms with Crippen molar-refractivity contribution in [2.75, 3.05) is 7.11 Å². The quantitative estimate of drug-likeness (QED) is 0.669. The third-order valence-electron chi connectivity index (χ3n) is 3.42. The number of ether oxygens (including phenoxy) is 1. The van der Waals surface area contributed by atoms with E-state index in [4.69, 9.17) is 4.74 Å². The minimum absolute atomic E-state index is 0.320. The van der Waals surface area contributed by atoms with Gasteiger partial charge in [0.25, 0.3) is 0 Å². The first-order valence-electron chi connectivity index (χ1n) is 7.04. The van der Waals surface area contributed by atoms with Crippen LogP contribution >= 0.6 is 7.92 Å². The van der Waals surface area contributed by atoms with Gasteiger partial charge in [-0.1, -0.05) is 66.7 Å². The number of hydrogen-bond acceptors (Lipinski definition) is 1. The van der Waals surface area contributed by atoms with Crippen molar-refractivity contribution in [3.8, 4) is 5.75 Å². The number of para-hydroxylation sites is 1. The molecule has 0 aliphatic heterocycles. The van der Waals surface area contributed by atoms with Gasteiger partial charge in [-0.05, 0) is 30.7 Å². The Labute approximate surface area is 131 Å². The second-order valence-electron chi connectivity index (χ2n) is 4.80. The highest BCUT2D eigenvalue weighted by atomic mass is 31.1. The lowest BCUT2D eigenvalue weighted by molar-refractivity contribution is 0.390. The summed E-state index contributed by atoms with van der Waals surface area (Å²) in [6.45, 7) is 0. The van der Waals surface area contributed by atoms with Crippen molar-refractivity contribution in [1.82, 2.24) is 0 Å². The molecule has 0 heterocycles. The predicted octanol–water partition coefficient (Wildman–Crippen LogP) is 3.59. The molecule has 0 radical (unpaired) electrons. The lowest BCUT2D eigenvalue weighted by Crippen LogP contribution is -2.22. The van der Waals surface area contributed by atoms with E-state index in [1.165, 1.54) is 23.8 Å². The van der Waals surface area contributed by atoms with Gasteiger partial charge in [0.1, 0.15) is 0 Å². The van der Waals surface area contributed by atoms with Gasteiger partial charge in [0.05, 0.1) is 7.11 Å². The maximum atomic E-state index is 14.1. The molecule has 0 aliphatic carbocycles. The average molecular weight is 310 g/mol. The zero-order chi connectivity index (χ0) is 15.4. The van der Waals surface area contributed by atoms with Crippen LogP contribution in [0.15, 0.2) is 78.9 Å². The van der Waals surface area contributed by atoms with Crippen LogP contribution in [0.5, 0.6) is 5.75 Å². The van der Waals surface area contributed by atoms with Crippen molar-refractivity contribution >= 4 is 23.8 Å². The first kappa shape index (κ1) is 14.7. The number of benzene rings is 3. The first-order valence-corrected chi connectivity index (χ1v) is 8.38. The van der Waals surface area contributed by atoms with Gasteiger partial charge in [0.15, 0.2) is 11.6 Å². The number of methoxy groups -OCH3 is 1. The Balaban J connectivity index is 2.21. The van der Waals surface area contributed by atoms with Crippen LogP contribution in [0.4, 0.5) is 4.39 Å². The first-order chi connectivity index (χ1) is 10.8. The Morgan fingerprint density at radius 1 is 0.727 bits per heavy atom. The molecule has 0 unspecified atom stereocenters. The van der Waals surface area contributed by atoms with Crippen LogP contribution in [0.25, 0.3) is 0 Å². The summed E-state index contributed by atoms with van der Waals surface area (Å²) in [6.07, 6.45) is 0. The molecule has 0 saturated carbocycles. The molecule has 3 heteroatoms. The summed E-state index contributed by atoms with van der Waals surface area (Å²) in [6, 6.07) is 25.5. The lowest BCUT2D eigenvalue weighted by Gasteiger charge is -2.21. The largest absolute Gasteiger partial charge is 0.493 e. The molecule has 0 amide bonds. The highest BCUT2D eigenvalue weighted by Crippen LogP contribution is 2.37. The van der Waals surface area contributed by atoms with Gasteiger partial charge < -0.3 is 4.74 Å². The number of halogens is 1. The molecular weight excluding hydrogens is 294 g/mol. The van der Waals surface area contributed by atoms with E-state index in [-0.39, 0.29) is 5.82 Å². The zero-order valence-corrected chi connectivity index (χ0v) is 13.1. The SMILES string of the molecule is COc1c(F)cccc1P(c1ccccc1)c1ccccc1. The summed E-state index contributed by atoms with van der Waals surface area (Å²) < 4.78 is 19.5. The molecule has 1 nitrogen and oxygen atoms in total. The van der Waals surface area contributed by atoms with Crippen molar-refractivity contribution in [2.45, 2.75) is 0 Å². The highest BCUT2D eigenvalue weighted by Gasteiger charge is 2.21. The molecule has 3 rings (SSSR count). The maximum absolute atomic E-state index is 14.1. The molecule has 0 saturated heterocycles. The molecule has 0 spiro atoms. The summed E-state index contributed by atoms with van der Waals surface area (Å²) in [7, 11) is 0.665. The Morgan fingerprint density at radius 3 is 1.77 bits per heavy atom. The average Bonchev–Trinajstić information content (AvgIpc) is 2.57. The van der Waals surface area contributed by atoms with Crippen molar-refractivity contribution in [2.24, 2.45) is 0 Å². The monoisotopic (exact) mass is 310 g/mol. The zero-order valence-electron chi connectivity index (χ0n) is 12.2. The van der Waals surface area contributed by atoms with Gasteiger partial charge in [-0.2, -0.15) is 0 Å². The minimum atomic E-state index is -0.854. The van der Waals surface area contributed by atoms with Crippen LogP contribution in [0.1, 0.15) is 0 Å². The molecule has 0 atom stereocenters. The topological polar surface area (TPSA) is 9.23 Å². The van der Waals surface area contributed by atoms with Gasteiger partial charge >= 0.3 is 0 Å². The van der Waals surface area contributed by atoms with Crippen LogP contribution in [0.3, 0.4) is 0 Å². The molecular formula is C19H16FOP. The fraction of sp³-hybridized carbons (Fsp3) is 0.0526. The molecule has 0 bridgehead atoms. The standard InChI is InChI=1S/C19H16FOP/c1-21-19-17(20)13-8-14-18(19)22(15-9-4-2-5-10-15)16-11-6-3-7-12-16/h2-14H,1H3. The van der Waals surface area contributed by atoms with E-state index in [0.29, 0.717) is 5.75 Å². The van der Waals surface area contributed by atoms with Crippen LogP contribution in [0.2, 0.25) is 0 Å². The molecule has 0 aromatic heterocycles. The normalized spacial score (nSPS) is 10.7. The fourth-order valence-electron chi connectivity index (χ4n) is 2.46. The smallest absolute Gasteiger partial charge is 0.165 e. The molecule has 110 valence electrons. The Morgan fingerprint density at radius 2 is 1.27 bits per heavy atom. The van der Waals surface area contributed by atoms with Crippen molar-refractivity contribution in [1.29, 1.82) is 0 Å². The summed E-state index contributed by atoms with van der Waals surface area (Å²) >= 11 is 0. The number of rotatable bonds is 4.